The predicted octanol–water partition coefficient (Wildman–Crippen LogP) is 7.93. The van der Waals surface area contributed by atoms with Gasteiger partial charge in [0.2, 0.25) is 11.8 Å². The molecule has 55 heavy (non-hydrogen) atoms. The molecule has 0 aliphatic carbocycles. The molecular weight excluding hydrogens is 697 g/mol. The molecule has 2 amide bonds. The number of H-pyrrole nitrogens is 1. The Labute approximate surface area is 317 Å². The van der Waals surface area contributed by atoms with Gasteiger partial charge in [0.15, 0.2) is 0 Å². The zero-order valence-electron chi connectivity index (χ0n) is 30.5. The number of amides is 2. The highest BCUT2D eigenvalue weighted by atomic mass is 16.5. The number of urea groups is 1. The number of carbonyl (C=O) groups excluding carboxylic acids is 1. The third kappa shape index (κ3) is 8.67. The number of rotatable bonds is 14. The minimum absolute atomic E-state index is 0.366. The molecule has 14 nitrogen and oxygen atoms in total. The van der Waals surface area contributed by atoms with E-state index in [4.69, 9.17) is 19.3 Å². The number of aromatic amines is 1. The maximum absolute atomic E-state index is 13.6. The summed E-state index contributed by atoms with van der Waals surface area (Å²) in [5.74, 6) is 2.68. The van der Waals surface area contributed by atoms with Crippen LogP contribution in [-0.2, 0) is 11.2 Å². The van der Waals surface area contributed by atoms with E-state index in [-0.39, 0.29) is 0 Å². The lowest BCUT2D eigenvalue weighted by atomic mass is 10.1. The number of benzene rings is 4. The fraction of sp³-hybridized carbons (Fsp3) is 0.244. The number of aryl methyl sites for hydroxylation is 1. The van der Waals surface area contributed by atoms with Crippen LogP contribution in [0.25, 0.3) is 27.4 Å². The maximum atomic E-state index is 13.6. The second kappa shape index (κ2) is 16.7. The molecular formula is C41H42N10O4. The Morgan fingerprint density at radius 2 is 1.80 bits per heavy atom. The molecule has 0 saturated carbocycles. The fourth-order valence-electron chi connectivity index (χ4n) is 6.46. The number of ether oxygens (including phenoxy) is 3. The van der Waals surface area contributed by atoms with Crippen LogP contribution in [0.4, 0.5) is 27.9 Å². The van der Waals surface area contributed by atoms with Gasteiger partial charge in [-0.3, -0.25) is 15.3 Å². The van der Waals surface area contributed by atoms with Crippen molar-refractivity contribution >= 4 is 50.8 Å². The summed E-state index contributed by atoms with van der Waals surface area (Å²) in [6.45, 7) is 6.99. The lowest BCUT2D eigenvalue weighted by Gasteiger charge is -2.26. The highest BCUT2D eigenvalue weighted by Crippen LogP contribution is 2.34. The van der Waals surface area contributed by atoms with E-state index in [9.17, 15) is 4.79 Å². The summed E-state index contributed by atoms with van der Waals surface area (Å²) >= 11 is 0. The Morgan fingerprint density at radius 1 is 0.945 bits per heavy atom. The minimum Gasteiger partial charge on any atom is -0.492 e. The van der Waals surface area contributed by atoms with E-state index in [1.54, 1.807) is 23.1 Å². The van der Waals surface area contributed by atoms with Crippen molar-refractivity contribution in [2.24, 2.45) is 0 Å². The highest BCUT2D eigenvalue weighted by molar-refractivity contribution is 6.07. The van der Waals surface area contributed by atoms with Crippen molar-refractivity contribution in [1.29, 1.82) is 0 Å². The van der Waals surface area contributed by atoms with Crippen LogP contribution < -0.4 is 25.4 Å². The number of anilines is 4. The van der Waals surface area contributed by atoms with Crippen LogP contribution >= 0.6 is 0 Å². The van der Waals surface area contributed by atoms with Gasteiger partial charge in [-0.2, -0.15) is 15.2 Å². The number of morpholine rings is 1. The highest BCUT2D eigenvalue weighted by Gasteiger charge is 2.16. The number of hydrogen-bond donors (Lipinski definition) is 4. The molecule has 0 bridgehead atoms. The fourth-order valence-corrected chi connectivity index (χ4v) is 6.46. The number of fused-ring (bicyclic) bond motifs is 2. The van der Waals surface area contributed by atoms with Gasteiger partial charge in [-0.05, 0) is 67.4 Å². The van der Waals surface area contributed by atoms with E-state index in [1.165, 1.54) is 0 Å². The lowest BCUT2D eigenvalue weighted by molar-refractivity contribution is 0.0322. The molecule has 8 rings (SSSR count). The Kier molecular flexibility index (Phi) is 10.8. The largest absolute Gasteiger partial charge is 0.492 e. The van der Waals surface area contributed by atoms with Crippen LogP contribution in [-0.4, -0.2) is 80.3 Å². The third-order valence-corrected chi connectivity index (χ3v) is 9.32. The van der Waals surface area contributed by atoms with Crippen LogP contribution in [0, 0.1) is 0 Å². The van der Waals surface area contributed by atoms with Gasteiger partial charge in [0.05, 0.1) is 42.0 Å². The zero-order chi connectivity index (χ0) is 37.4. The van der Waals surface area contributed by atoms with Crippen molar-refractivity contribution in [3.05, 3.63) is 109 Å². The second-order valence-electron chi connectivity index (χ2n) is 13.2. The third-order valence-electron chi connectivity index (χ3n) is 9.32. The van der Waals surface area contributed by atoms with E-state index in [0.29, 0.717) is 35.7 Å². The summed E-state index contributed by atoms with van der Waals surface area (Å²) in [6, 6.07) is 28.2. The number of unbranched alkanes of at least 4 members (excludes halogenated alkanes) is 1. The monoisotopic (exact) mass is 738 g/mol. The van der Waals surface area contributed by atoms with Crippen molar-refractivity contribution in [1.82, 2.24) is 34.8 Å². The summed E-state index contributed by atoms with van der Waals surface area (Å²) in [7, 11) is 0. The quantitative estimate of drug-likeness (QED) is 0.0864. The molecule has 1 fully saturated rings. The lowest BCUT2D eigenvalue weighted by Crippen LogP contribution is -2.38. The first kappa shape index (κ1) is 35.5. The first-order chi connectivity index (χ1) is 27.1. The second-order valence-corrected chi connectivity index (χ2v) is 13.2. The molecule has 280 valence electrons. The number of carbonyl (C=O) groups is 1. The predicted molar refractivity (Wildman–Crippen MR) is 213 cm³/mol. The smallest absolute Gasteiger partial charge is 0.324 e. The zero-order valence-corrected chi connectivity index (χ0v) is 30.5. The van der Waals surface area contributed by atoms with Crippen LogP contribution in [0.15, 0.2) is 103 Å². The van der Waals surface area contributed by atoms with Crippen molar-refractivity contribution in [3.8, 4) is 23.1 Å². The van der Waals surface area contributed by atoms with Crippen LogP contribution in [0.2, 0.25) is 0 Å². The van der Waals surface area contributed by atoms with E-state index >= 15 is 0 Å². The number of nitrogens with one attached hydrogen (secondary N) is 4. The molecule has 1 aliphatic rings. The Hall–Kier alpha value is -6.51. The number of nitrogens with zero attached hydrogens (tertiary/aromatic N) is 6. The standard InChI is InChI=1S/C41H42N10O4/c1-2-3-6-30-26-38(51(49-30)31-10-12-32(13-11-31)54-24-21-50-19-22-53-23-20-50)46-41(52)45-36-15-16-37(34-8-5-4-7-33(34)36)55-39-17-18-42-40(47-39)44-29-9-14-35-28(25-29)27-43-48-35/h4-5,7-18,25-27H,2-3,6,19-24H2,1H3,(H,43,48)(H,42,44,47)(H2,45,46,52). The molecule has 3 aromatic heterocycles. The number of aromatic nitrogens is 6. The molecule has 0 spiro atoms. The van der Waals surface area contributed by atoms with Gasteiger partial charge in [-0.15, -0.1) is 0 Å². The molecule has 0 atom stereocenters. The first-order valence-electron chi connectivity index (χ1n) is 18.5. The van der Waals surface area contributed by atoms with Gasteiger partial charge in [0.25, 0.3) is 0 Å². The molecule has 1 saturated heterocycles. The summed E-state index contributed by atoms with van der Waals surface area (Å²) in [6.07, 6.45) is 6.24. The van der Waals surface area contributed by atoms with Crippen molar-refractivity contribution in [2.45, 2.75) is 26.2 Å². The topological polar surface area (TPSA) is 156 Å². The maximum Gasteiger partial charge on any atom is 0.324 e. The molecule has 0 unspecified atom stereocenters. The van der Waals surface area contributed by atoms with Gasteiger partial charge < -0.3 is 24.8 Å². The van der Waals surface area contributed by atoms with E-state index < -0.39 is 6.03 Å². The average molecular weight is 739 g/mol. The van der Waals surface area contributed by atoms with Gasteiger partial charge in [-0.25, -0.2) is 14.5 Å². The Bertz CT molecular complexity index is 2390. The number of hydrogen-bond acceptors (Lipinski definition) is 10. The normalized spacial score (nSPS) is 13.2. The minimum atomic E-state index is -0.398. The summed E-state index contributed by atoms with van der Waals surface area (Å²) in [5.41, 5.74) is 4.10. The van der Waals surface area contributed by atoms with Gasteiger partial charge in [-0.1, -0.05) is 37.6 Å². The first-order valence-corrected chi connectivity index (χ1v) is 18.5. The molecule has 14 heteroatoms. The molecule has 4 aromatic carbocycles. The van der Waals surface area contributed by atoms with Gasteiger partial charge >= 0.3 is 6.03 Å². The summed E-state index contributed by atoms with van der Waals surface area (Å²) < 4.78 is 19.5. The van der Waals surface area contributed by atoms with Gasteiger partial charge in [0, 0.05) is 59.8 Å². The molecule has 4 heterocycles. The van der Waals surface area contributed by atoms with Crippen LogP contribution in [0.1, 0.15) is 25.5 Å². The van der Waals surface area contributed by atoms with Crippen LogP contribution in [0.5, 0.6) is 17.4 Å². The molecule has 0 radical (unpaired) electrons. The van der Waals surface area contributed by atoms with Crippen molar-refractivity contribution in [2.75, 3.05) is 55.4 Å². The van der Waals surface area contributed by atoms with Crippen LogP contribution in [0.3, 0.4) is 0 Å². The van der Waals surface area contributed by atoms with E-state index in [1.807, 2.05) is 84.9 Å². The van der Waals surface area contributed by atoms with E-state index in [2.05, 4.69) is 47.9 Å². The molecule has 7 aromatic rings. The Balaban J connectivity index is 0.953. The van der Waals surface area contributed by atoms with E-state index in [0.717, 1.165) is 96.6 Å². The Morgan fingerprint density at radius 3 is 2.65 bits per heavy atom. The van der Waals surface area contributed by atoms with Gasteiger partial charge in [0.1, 0.15) is 23.9 Å². The van der Waals surface area contributed by atoms with Crippen molar-refractivity contribution < 1.29 is 19.0 Å². The molecule has 1 aliphatic heterocycles. The summed E-state index contributed by atoms with van der Waals surface area (Å²) in [4.78, 5) is 24.9. The summed E-state index contributed by atoms with van der Waals surface area (Å²) in [5, 5.41) is 23.8. The molecule has 4 N–H and O–H groups in total. The van der Waals surface area contributed by atoms with Crippen molar-refractivity contribution in [3.63, 3.8) is 0 Å². The average Bonchev–Trinajstić information content (AvgIpc) is 3.85. The SMILES string of the molecule is CCCCc1cc(NC(=O)Nc2ccc(Oc3ccnc(Nc4ccc5[nH]ncc5c4)n3)c3ccccc23)n(-c2ccc(OCCN3CCOCC3)cc2)n1.